The van der Waals surface area contributed by atoms with Gasteiger partial charge in [-0.15, -0.1) is 0 Å². The minimum atomic E-state index is -3.85. The van der Waals surface area contributed by atoms with E-state index in [2.05, 4.69) is 19.2 Å². The number of nitrogens with zero attached hydrogens (tertiary/aromatic N) is 2. The average molecular weight is 400 g/mol. The second-order valence-electron chi connectivity index (χ2n) is 7.55. The van der Waals surface area contributed by atoms with Crippen molar-refractivity contribution < 1.29 is 17.6 Å². The molecule has 0 aromatic heterocycles. The van der Waals surface area contributed by atoms with Gasteiger partial charge in [-0.1, -0.05) is 26.0 Å². The summed E-state index contributed by atoms with van der Waals surface area (Å²) < 4.78 is 40.3. The highest BCUT2D eigenvalue weighted by molar-refractivity contribution is 7.89. The van der Waals surface area contributed by atoms with Crippen LogP contribution < -0.4 is 5.32 Å². The zero-order valence-electron chi connectivity index (χ0n) is 16.3. The third-order valence-corrected chi connectivity index (χ3v) is 6.67. The van der Waals surface area contributed by atoms with Crippen LogP contribution in [-0.2, 0) is 14.8 Å². The summed E-state index contributed by atoms with van der Waals surface area (Å²) in [5.74, 6) is -0.180. The molecule has 0 unspecified atom stereocenters. The maximum atomic E-state index is 13.9. The normalized spacial score (nSPS) is 17.8. The van der Waals surface area contributed by atoms with Gasteiger partial charge in [-0.2, -0.15) is 4.31 Å². The smallest absolute Gasteiger partial charge is 0.246 e. The van der Waals surface area contributed by atoms with E-state index >= 15 is 0 Å². The molecule has 1 fully saturated rings. The molecule has 27 heavy (non-hydrogen) atoms. The van der Waals surface area contributed by atoms with Crippen LogP contribution in [0.25, 0.3) is 0 Å². The van der Waals surface area contributed by atoms with Crippen LogP contribution in [-0.4, -0.2) is 62.3 Å². The van der Waals surface area contributed by atoms with Crippen LogP contribution in [0.1, 0.15) is 33.6 Å². The molecule has 1 N–H and O–H groups in total. The van der Waals surface area contributed by atoms with Crippen LogP contribution in [0.3, 0.4) is 0 Å². The van der Waals surface area contributed by atoms with Gasteiger partial charge in [0.2, 0.25) is 15.9 Å². The van der Waals surface area contributed by atoms with Crippen molar-refractivity contribution in [3.63, 3.8) is 0 Å². The van der Waals surface area contributed by atoms with Gasteiger partial charge < -0.3 is 5.32 Å². The molecule has 1 atom stereocenters. The number of amides is 1. The molecule has 152 valence electrons. The first-order chi connectivity index (χ1) is 12.7. The summed E-state index contributed by atoms with van der Waals surface area (Å²) in [5.41, 5.74) is 0. The lowest BCUT2D eigenvalue weighted by atomic mass is 10.0. The number of nitrogens with one attached hydrogen (secondary N) is 1. The fraction of sp³-hybridized carbons (Fsp3) is 0.632. The molecule has 1 aromatic rings. The molecule has 1 saturated heterocycles. The number of hydrogen-bond acceptors (Lipinski definition) is 4. The van der Waals surface area contributed by atoms with Crippen LogP contribution in [0.2, 0.25) is 0 Å². The van der Waals surface area contributed by atoms with E-state index < -0.39 is 15.8 Å². The summed E-state index contributed by atoms with van der Waals surface area (Å²) in [7, 11) is -3.85. The van der Waals surface area contributed by atoms with E-state index in [0.717, 1.165) is 18.9 Å². The molecule has 0 saturated carbocycles. The minimum absolute atomic E-state index is 0.0448. The predicted octanol–water partition coefficient (Wildman–Crippen LogP) is 2.07. The maximum absolute atomic E-state index is 13.9. The summed E-state index contributed by atoms with van der Waals surface area (Å²) in [6.07, 6.45) is 2.01. The van der Waals surface area contributed by atoms with Crippen molar-refractivity contribution >= 4 is 15.9 Å². The summed E-state index contributed by atoms with van der Waals surface area (Å²) in [4.78, 5) is 13.8. The van der Waals surface area contributed by atoms with E-state index in [9.17, 15) is 17.6 Å². The molecule has 0 bridgehead atoms. The minimum Gasteiger partial charge on any atom is -0.353 e. The molecule has 0 radical (unpaired) electrons. The SMILES string of the molecule is CC(C)CC[C@H](C)NC(=O)CN1CCN(S(=O)(=O)c2ccccc2F)CC1. The molecule has 8 heteroatoms. The van der Waals surface area contributed by atoms with Crippen molar-refractivity contribution in [1.82, 2.24) is 14.5 Å². The third-order valence-electron chi connectivity index (χ3n) is 4.74. The molecule has 0 aliphatic carbocycles. The first kappa shape index (κ1) is 21.8. The van der Waals surface area contributed by atoms with Crippen molar-refractivity contribution in [2.75, 3.05) is 32.7 Å². The van der Waals surface area contributed by atoms with E-state index in [1.807, 2.05) is 11.8 Å². The third kappa shape index (κ3) is 6.26. The highest BCUT2D eigenvalue weighted by atomic mass is 32.2. The molecule has 2 rings (SSSR count). The monoisotopic (exact) mass is 399 g/mol. The number of halogens is 1. The van der Waals surface area contributed by atoms with Gasteiger partial charge in [0, 0.05) is 32.2 Å². The summed E-state index contributed by atoms with van der Waals surface area (Å²) >= 11 is 0. The zero-order valence-corrected chi connectivity index (χ0v) is 17.1. The van der Waals surface area contributed by atoms with Crippen LogP contribution in [0.5, 0.6) is 0 Å². The Labute approximate surface area is 161 Å². The fourth-order valence-corrected chi connectivity index (χ4v) is 4.59. The Morgan fingerprint density at radius 3 is 2.33 bits per heavy atom. The Kier molecular flexibility index (Phi) is 7.76. The van der Waals surface area contributed by atoms with Gasteiger partial charge in [0.05, 0.1) is 6.54 Å². The lowest BCUT2D eigenvalue weighted by molar-refractivity contribution is -0.123. The van der Waals surface area contributed by atoms with Crippen molar-refractivity contribution in [1.29, 1.82) is 0 Å². The molecule has 1 heterocycles. The van der Waals surface area contributed by atoms with E-state index in [0.29, 0.717) is 19.0 Å². The van der Waals surface area contributed by atoms with Gasteiger partial charge in [0.25, 0.3) is 0 Å². The number of hydrogen-bond donors (Lipinski definition) is 1. The molecule has 0 spiro atoms. The largest absolute Gasteiger partial charge is 0.353 e. The van der Waals surface area contributed by atoms with Crippen LogP contribution in [0.15, 0.2) is 29.2 Å². The van der Waals surface area contributed by atoms with Gasteiger partial charge in [-0.3, -0.25) is 9.69 Å². The van der Waals surface area contributed by atoms with Gasteiger partial charge in [-0.05, 0) is 37.8 Å². The summed E-state index contributed by atoms with van der Waals surface area (Å²) in [6.45, 7) is 7.94. The van der Waals surface area contributed by atoms with Gasteiger partial charge >= 0.3 is 0 Å². The molecular weight excluding hydrogens is 369 g/mol. The van der Waals surface area contributed by atoms with E-state index in [-0.39, 0.29) is 36.5 Å². The Morgan fingerprint density at radius 1 is 1.11 bits per heavy atom. The average Bonchev–Trinajstić information content (AvgIpc) is 2.60. The van der Waals surface area contributed by atoms with Gasteiger partial charge in [0.1, 0.15) is 10.7 Å². The van der Waals surface area contributed by atoms with E-state index in [4.69, 9.17) is 0 Å². The Morgan fingerprint density at radius 2 is 1.74 bits per heavy atom. The highest BCUT2D eigenvalue weighted by Crippen LogP contribution is 2.20. The highest BCUT2D eigenvalue weighted by Gasteiger charge is 2.30. The second kappa shape index (κ2) is 9.61. The fourth-order valence-electron chi connectivity index (χ4n) is 3.10. The van der Waals surface area contributed by atoms with Gasteiger partial charge in [0.15, 0.2) is 0 Å². The van der Waals surface area contributed by atoms with Crippen molar-refractivity contribution in [3.05, 3.63) is 30.1 Å². The molecule has 1 aromatic carbocycles. The molecule has 1 amide bonds. The molecule has 6 nitrogen and oxygen atoms in total. The topological polar surface area (TPSA) is 69.7 Å². The quantitative estimate of drug-likeness (QED) is 0.727. The standard InChI is InChI=1S/C19H30FN3O3S/c1-15(2)8-9-16(3)21-19(24)14-22-10-12-23(13-11-22)27(25,26)18-7-5-4-6-17(18)20/h4-7,15-16H,8-14H2,1-3H3,(H,21,24)/t16-/m0/s1. The second-order valence-corrected chi connectivity index (χ2v) is 9.46. The van der Waals surface area contributed by atoms with Crippen molar-refractivity contribution in [2.24, 2.45) is 5.92 Å². The number of piperazine rings is 1. The van der Waals surface area contributed by atoms with Crippen LogP contribution in [0, 0.1) is 11.7 Å². The molecule has 1 aliphatic heterocycles. The number of carbonyl (C=O) groups is 1. The summed E-state index contributed by atoms with van der Waals surface area (Å²) in [6, 6.07) is 5.53. The lowest BCUT2D eigenvalue weighted by Crippen LogP contribution is -2.51. The van der Waals surface area contributed by atoms with Crippen LogP contribution >= 0.6 is 0 Å². The lowest BCUT2D eigenvalue weighted by Gasteiger charge is -2.33. The number of rotatable bonds is 8. The number of sulfonamides is 1. The van der Waals surface area contributed by atoms with Crippen molar-refractivity contribution in [2.45, 2.75) is 44.6 Å². The van der Waals surface area contributed by atoms with E-state index in [1.165, 1.54) is 22.5 Å². The first-order valence-electron chi connectivity index (χ1n) is 9.46. The Hall–Kier alpha value is -1.51. The van der Waals surface area contributed by atoms with E-state index in [1.54, 1.807) is 0 Å². The molecular formula is C19H30FN3O3S. The molecule has 1 aliphatic rings. The van der Waals surface area contributed by atoms with Crippen molar-refractivity contribution in [3.8, 4) is 0 Å². The Balaban J connectivity index is 1.83. The maximum Gasteiger partial charge on any atom is 0.246 e. The zero-order chi connectivity index (χ0) is 20.0. The number of carbonyl (C=O) groups excluding carboxylic acids is 1. The first-order valence-corrected chi connectivity index (χ1v) is 10.9. The Bertz CT molecular complexity index is 731. The van der Waals surface area contributed by atoms with Crippen LogP contribution in [0.4, 0.5) is 4.39 Å². The number of benzene rings is 1. The summed E-state index contributed by atoms with van der Waals surface area (Å²) in [5, 5.41) is 3.00. The predicted molar refractivity (Wildman–Crippen MR) is 103 cm³/mol. The van der Waals surface area contributed by atoms with Gasteiger partial charge in [-0.25, -0.2) is 12.8 Å².